The Morgan fingerprint density at radius 3 is 2.15 bits per heavy atom. The monoisotopic (exact) mass is 417 g/mol. The quantitative estimate of drug-likeness (QED) is 0.438. The van der Waals surface area contributed by atoms with Crippen molar-refractivity contribution in [3.63, 3.8) is 0 Å². The highest BCUT2D eigenvalue weighted by molar-refractivity contribution is 7.56. The molecule has 1 atom stereocenters. The number of carboxylic acids is 1. The summed E-state index contributed by atoms with van der Waals surface area (Å²) in [5.41, 5.74) is 0.734. The van der Waals surface area contributed by atoms with Gasteiger partial charge in [0.2, 0.25) is 5.28 Å². The third-order valence-electron chi connectivity index (χ3n) is 4.06. The van der Waals surface area contributed by atoms with Crippen molar-refractivity contribution >= 4 is 27.7 Å². The van der Waals surface area contributed by atoms with Crippen LogP contribution < -0.4 is 5.32 Å². The summed E-state index contributed by atoms with van der Waals surface area (Å²) in [6.45, 7) is 6.06. The van der Waals surface area contributed by atoms with Gasteiger partial charge in [-0.3, -0.25) is 9.88 Å². The molecule has 1 aromatic carbocycles. The minimum absolute atomic E-state index is 0.0549. The Labute approximate surface area is 160 Å². The molecule has 0 aromatic heterocycles. The van der Waals surface area contributed by atoms with E-state index in [0.29, 0.717) is 6.04 Å². The van der Waals surface area contributed by atoms with E-state index in [-0.39, 0.29) is 13.0 Å². The van der Waals surface area contributed by atoms with Gasteiger partial charge in [0, 0.05) is 22.3 Å². The fourth-order valence-corrected chi connectivity index (χ4v) is 5.37. The van der Waals surface area contributed by atoms with Crippen LogP contribution in [0.1, 0.15) is 12.0 Å². The van der Waals surface area contributed by atoms with Crippen molar-refractivity contribution in [2.75, 3.05) is 14.2 Å². The summed E-state index contributed by atoms with van der Waals surface area (Å²) in [6, 6.07) is 9.40. The van der Waals surface area contributed by atoms with Gasteiger partial charge in [-0.2, -0.15) is 0 Å². The van der Waals surface area contributed by atoms with E-state index in [1.54, 1.807) is 24.3 Å². The van der Waals surface area contributed by atoms with E-state index >= 15 is 0 Å². The molecule has 0 aliphatic rings. The molecule has 0 saturated heterocycles. The topological polar surface area (TPSA) is 111 Å². The lowest BCUT2D eigenvalue weighted by molar-refractivity contribution is -0.142. The van der Waals surface area contributed by atoms with Gasteiger partial charge in [-0.05, 0) is 12.0 Å². The molecule has 0 fully saturated rings. The molecule has 152 valence electrons. The predicted molar refractivity (Wildman–Crippen MR) is 105 cm³/mol. The molecule has 8 nitrogen and oxygen atoms in total. The third kappa shape index (κ3) is 6.17. The summed E-state index contributed by atoms with van der Waals surface area (Å²) in [4.78, 5) is 24.4. The zero-order chi connectivity index (χ0) is 20.7. The smallest absolute Gasteiger partial charge is 0.408 e. The number of rotatable bonds is 10. The first-order valence-corrected chi connectivity index (χ1v) is 13.7. The van der Waals surface area contributed by atoms with Crippen molar-refractivity contribution < 1.29 is 33.0 Å². The standard InChI is InChI=1S/C17H28NO7PSi/c1-23-26(22,24-2)17(15(19)20,11-12-27(3,4)5)18-16(21)25-13-14-9-7-6-8-10-14/h6-10H,11-13H2,1-5H3,(H,18,21)(H,19,20). The molecular formula is C17H28NO7PSi. The highest BCUT2D eigenvalue weighted by Gasteiger charge is 2.58. The highest BCUT2D eigenvalue weighted by atomic mass is 31.2. The summed E-state index contributed by atoms with van der Waals surface area (Å²) >= 11 is 0. The van der Waals surface area contributed by atoms with Crippen LogP contribution in [0.4, 0.5) is 4.79 Å². The number of ether oxygens (including phenoxy) is 1. The fourth-order valence-electron chi connectivity index (χ4n) is 2.42. The fraction of sp³-hybridized carbons (Fsp3) is 0.529. The van der Waals surface area contributed by atoms with Crippen molar-refractivity contribution in [2.24, 2.45) is 0 Å². The minimum Gasteiger partial charge on any atom is -0.479 e. The Morgan fingerprint density at radius 2 is 1.70 bits per heavy atom. The molecule has 0 saturated carbocycles. The summed E-state index contributed by atoms with van der Waals surface area (Å²) in [7, 11) is -3.75. The van der Waals surface area contributed by atoms with Gasteiger partial charge in [0.15, 0.2) is 0 Å². The second-order valence-electron chi connectivity index (χ2n) is 7.28. The highest BCUT2D eigenvalue weighted by Crippen LogP contribution is 2.60. The van der Waals surface area contributed by atoms with Gasteiger partial charge in [0.25, 0.3) is 0 Å². The molecule has 0 heterocycles. The molecule has 0 aliphatic heterocycles. The molecule has 1 unspecified atom stereocenters. The van der Waals surface area contributed by atoms with Crippen molar-refractivity contribution in [3.05, 3.63) is 35.9 Å². The second-order valence-corrected chi connectivity index (χ2v) is 15.4. The molecule has 0 aliphatic carbocycles. The molecule has 1 aromatic rings. The SMILES string of the molecule is COP(=O)(OC)C(CC[Si](C)(C)C)(NC(=O)OCc1ccccc1)C(=O)O. The van der Waals surface area contributed by atoms with Gasteiger partial charge in [-0.1, -0.05) is 56.0 Å². The maximum Gasteiger partial charge on any atom is 0.408 e. The molecule has 1 rings (SSSR count). The lowest BCUT2D eigenvalue weighted by Gasteiger charge is -2.35. The van der Waals surface area contributed by atoms with Gasteiger partial charge in [0.05, 0.1) is 0 Å². The number of carbonyl (C=O) groups is 2. The molecule has 0 radical (unpaired) electrons. The van der Waals surface area contributed by atoms with Crippen LogP contribution in [0.15, 0.2) is 30.3 Å². The Bertz CT molecular complexity index is 684. The van der Waals surface area contributed by atoms with Gasteiger partial charge in [0.1, 0.15) is 6.61 Å². The van der Waals surface area contributed by atoms with Crippen molar-refractivity contribution in [2.45, 2.75) is 44.0 Å². The maximum absolute atomic E-state index is 13.1. The summed E-state index contributed by atoms with van der Waals surface area (Å²) in [5.74, 6) is -1.50. The maximum atomic E-state index is 13.1. The Hall–Kier alpha value is -1.67. The predicted octanol–water partition coefficient (Wildman–Crippen LogP) is 3.91. The molecular weight excluding hydrogens is 389 g/mol. The van der Waals surface area contributed by atoms with Gasteiger partial charge in [-0.25, -0.2) is 9.59 Å². The Kier molecular flexibility index (Phi) is 8.22. The van der Waals surface area contributed by atoms with Crippen LogP contribution in [-0.4, -0.2) is 44.7 Å². The van der Waals surface area contributed by atoms with E-state index in [0.717, 1.165) is 19.8 Å². The Balaban J connectivity index is 3.09. The number of alkyl carbamates (subject to hydrolysis) is 1. The number of amides is 1. The normalized spacial score (nSPS) is 14.3. The molecule has 0 spiro atoms. The zero-order valence-corrected chi connectivity index (χ0v) is 18.2. The number of carbonyl (C=O) groups excluding carboxylic acids is 1. The number of hydrogen-bond donors (Lipinski definition) is 2. The van der Waals surface area contributed by atoms with Gasteiger partial charge in [-0.15, -0.1) is 0 Å². The van der Waals surface area contributed by atoms with E-state index < -0.39 is 33.0 Å². The molecule has 0 bridgehead atoms. The van der Waals surface area contributed by atoms with Crippen molar-refractivity contribution in [3.8, 4) is 0 Å². The van der Waals surface area contributed by atoms with E-state index in [9.17, 15) is 19.3 Å². The van der Waals surface area contributed by atoms with Gasteiger partial charge >= 0.3 is 19.7 Å². The average molecular weight is 417 g/mol. The first-order valence-electron chi connectivity index (χ1n) is 8.43. The van der Waals surface area contributed by atoms with Crippen LogP contribution in [0.2, 0.25) is 25.7 Å². The van der Waals surface area contributed by atoms with Crippen molar-refractivity contribution in [1.29, 1.82) is 0 Å². The molecule has 2 N–H and O–H groups in total. The zero-order valence-electron chi connectivity index (χ0n) is 16.4. The van der Waals surface area contributed by atoms with Crippen LogP contribution >= 0.6 is 7.60 Å². The van der Waals surface area contributed by atoms with Crippen LogP contribution in [0.5, 0.6) is 0 Å². The number of nitrogens with one attached hydrogen (secondary N) is 1. The van der Waals surface area contributed by atoms with E-state index in [1.165, 1.54) is 0 Å². The Morgan fingerprint density at radius 1 is 1.15 bits per heavy atom. The van der Waals surface area contributed by atoms with Crippen LogP contribution in [0, 0.1) is 0 Å². The van der Waals surface area contributed by atoms with E-state index in [2.05, 4.69) is 5.32 Å². The van der Waals surface area contributed by atoms with E-state index in [1.807, 2.05) is 25.7 Å². The van der Waals surface area contributed by atoms with Crippen LogP contribution in [0.25, 0.3) is 0 Å². The van der Waals surface area contributed by atoms with Crippen LogP contribution in [0.3, 0.4) is 0 Å². The lowest BCUT2D eigenvalue weighted by atomic mass is 10.2. The first-order chi connectivity index (χ1) is 12.5. The number of carboxylic acid groups (broad SMARTS) is 1. The number of aliphatic carboxylic acids is 1. The van der Waals surface area contributed by atoms with Crippen molar-refractivity contribution in [1.82, 2.24) is 5.32 Å². The average Bonchev–Trinajstić information content (AvgIpc) is 2.62. The third-order valence-corrected chi connectivity index (χ3v) is 8.23. The molecule has 10 heteroatoms. The summed E-state index contributed by atoms with van der Waals surface area (Å²) in [5, 5.41) is 9.90. The first kappa shape index (κ1) is 23.4. The minimum atomic E-state index is -4.20. The largest absolute Gasteiger partial charge is 0.479 e. The summed E-state index contributed by atoms with van der Waals surface area (Å²) < 4.78 is 28.1. The number of benzene rings is 1. The van der Waals surface area contributed by atoms with Crippen LogP contribution in [-0.2, 0) is 29.8 Å². The molecule has 27 heavy (non-hydrogen) atoms. The molecule has 1 amide bonds. The lowest BCUT2D eigenvalue weighted by Crippen LogP contribution is -2.55. The number of hydrogen-bond acceptors (Lipinski definition) is 6. The second kappa shape index (κ2) is 9.50. The van der Waals surface area contributed by atoms with E-state index in [4.69, 9.17) is 13.8 Å². The summed E-state index contributed by atoms with van der Waals surface area (Å²) in [6.07, 6.45) is -1.11. The van der Waals surface area contributed by atoms with Gasteiger partial charge < -0.3 is 18.9 Å².